The number of aromatic nitrogens is 4. The second kappa shape index (κ2) is 14.3. The summed E-state index contributed by atoms with van der Waals surface area (Å²) < 4.78 is 0. The first-order valence-electron chi connectivity index (χ1n) is 18.3. The van der Waals surface area contributed by atoms with E-state index in [-0.39, 0.29) is 29.0 Å². The van der Waals surface area contributed by atoms with E-state index < -0.39 is 0 Å². The molecular formula is C39H46N8O3. The summed E-state index contributed by atoms with van der Waals surface area (Å²) in [7, 11) is 0. The third-order valence-electron chi connectivity index (χ3n) is 11.1. The first-order chi connectivity index (χ1) is 24.5. The molecule has 4 aliphatic heterocycles. The number of aromatic amines is 2. The molecule has 2 amide bonds. The number of carbonyl (C=O) groups is 1. The Labute approximate surface area is 292 Å². The van der Waals surface area contributed by atoms with E-state index in [0.717, 1.165) is 86.0 Å². The summed E-state index contributed by atoms with van der Waals surface area (Å²) in [6.07, 6.45) is 4.53. The van der Waals surface area contributed by atoms with Crippen molar-refractivity contribution >= 4 is 6.03 Å². The second-order valence-corrected chi connectivity index (χ2v) is 14.5. The largest absolute Gasteiger partial charge is 0.325 e. The zero-order valence-electron chi connectivity index (χ0n) is 28.6. The van der Waals surface area contributed by atoms with Crippen molar-refractivity contribution < 1.29 is 4.79 Å². The molecule has 0 spiro atoms. The molecule has 2 aromatic heterocycles. The predicted octanol–water partition coefficient (Wildman–Crippen LogP) is 4.15. The maximum Gasteiger partial charge on any atom is 0.319 e. The van der Waals surface area contributed by atoms with Crippen LogP contribution in [0.1, 0.15) is 82.8 Å². The van der Waals surface area contributed by atoms with E-state index in [1.54, 1.807) is 0 Å². The van der Waals surface area contributed by atoms with Gasteiger partial charge in [0.15, 0.2) is 0 Å². The highest BCUT2D eigenvalue weighted by molar-refractivity contribution is 5.74. The van der Waals surface area contributed by atoms with Crippen molar-refractivity contribution in [2.45, 2.75) is 76.5 Å². The lowest BCUT2D eigenvalue weighted by molar-refractivity contribution is 0.127. The molecule has 0 unspecified atom stereocenters. The van der Waals surface area contributed by atoms with Gasteiger partial charge in [0, 0.05) is 88.4 Å². The van der Waals surface area contributed by atoms with Gasteiger partial charge in [-0.15, -0.1) is 0 Å². The third kappa shape index (κ3) is 7.02. The van der Waals surface area contributed by atoms with Gasteiger partial charge in [0.25, 0.3) is 11.1 Å². The van der Waals surface area contributed by atoms with E-state index in [0.29, 0.717) is 52.1 Å². The van der Waals surface area contributed by atoms with Gasteiger partial charge in [-0.1, -0.05) is 60.7 Å². The standard InChI is InChI=1S/C39H46N8O3/c48-37-31-15-17-44(23-27-7-3-1-4-8-27)25-33(31)40-35(42-37)29-11-19-46(20-12-29)39(50)47-21-13-30(14-22-47)36-41-34-26-45(18-16-32(34)38(49)43-36)24-28-9-5-2-6-10-28/h1-10,29-30H,11-26H2,(H,40,42,48)(H,41,43,49). The molecule has 11 nitrogen and oxygen atoms in total. The minimum absolute atomic E-state index is 0.00925. The fourth-order valence-corrected chi connectivity index (χ4v) is 8.25. The highest BCUT2D eigenvalue weighted by atomic mass is 16.2. The van der Waals surface area contributed by atoms with Crippen LogP contribution in [0.5, 0.6) is 0 Å². The molecule has 2 fully saturated rings. The number of amides is 2. The predicted molar refractivity (Wildman–Crippen MR) is 191 cm³/mol. The lowest BCUT2D eigenvalue weighted by Gasteiger charge is -2.38. The molecule has 0 saturated carbocycles. The van der Waals surface area contributed by atoms with Crippen molar-refractivity contribution in [3.63, 3.8) is 0 Å². The molecule has 4 aromatic rings. The van der Waals surface area contributed by atoms with Crippen molar-refractivity contribution in [3.8, 4) is 0 Å². The Balaban J connectivity index is 0.847. The third-order valence-corrected chi connectivity index (χ3v) is 11.1. The lowest BCUT2D eigenvalue weighted by Crippen LogP contribution is -2.49. The number of H-pyrrole nitrogens is 2. The summed E-state index contributed by atoms with van der Waals surface area (Å²) in [6, 6.07) is 20.9. The number of nitrogens with one attached hydrogen (secondary N) is 2. The molecule has 0 radical (unpaired) electrons. The van der Waals surface area contributed by atoms with Gasteiger partial charge in [0.1, 0.15) is 11.6 Å². The summed E-state index contributed by atoms with van der Waals surface area (Å²) in [5.74, 6) is 1.78. The second-order valence-electron chi connectivity index (χ2n) is 14.5. The minimum Gasteiger partial charge on any atom is -0.325 e. The van der Waals surface area contributed by atoms with Gasteiger partial charge in [-0.3, -0.25) is 19.4 Å². The molecule has 8 rings (SSSR count). The molecule has 50 heavy (non-hydrogen) atoms. The Hall–Kier alpha value is -4.61. The van der Waals surface area contributed by atoms with Gasteiger partial charge in [-0.2, -0.15) is 0 Å². The normalized spacial score (nSPS) is 19.3. The zero-order chi connectivity index (χ0) is 34.0. The molecule has 2 N–H and O–H groups in total. The maximum absolute atomic E-state index is 13.6. The topological polar surface area (TPSA) is 122 Å². The van der Waals surface area contributed by atoms with Crippen molar-refractivity contribution in [1.82, 2.24) is 39.5 Å². The number of rotatable bonds is 6. The van der Waals surface area contributed by atoms with Gasteiger partial charge in [0.05, 0.1) is 11.4 Å². The molecule has 4 aliphatic rings. The number of fused-ring (bicyclic) bond motifs is 2. The highest BCUT2D eigenvalue weighted by Gasteiger charge is 2.33. The number of nitrogens with zero attached hydrogens (tertiary/aromatic N) is 6. The van der Waals surface area contributed by atoms with E-state index >= 15 is 0 Å². The first kappa shape index (κ1) is 32.6. The summed E-state index contributed by atoms with van der Waals surface area (Å²) in [6.45, 7) is 7.31. The van der Waals surface area contributed by atoms with Crippen LogP contribution >= 0.6 is 0 Å². The highest BCUT2D eigenvalue weighted by Crippen LogP contribution is 2.30. The number of benzene rings is 2. The zero-order valence-corrected chi connectivity index (χ0v) is 28.6. The van der Waals surface area contributed by atoms with E-state index in [4.69, 9.17) is 9.97 Å². The lowest BCUT2D eigenvalue weighted by atomic mass is 9.94. The van der Waals surface area contributed by atoms with Crippen LogP contribution in [-0.2, 0) is 39.0 Å². The van der Waals surface area contributed by atoms with Gasteiger partial charge in [-0.05, 0) is 49.7 Å². The summed E-state index contributed by atoms with van der Waals surface area (Å²) in [5, 5.41) is 0. The summed E-state index contributed by atoms with van der Waals surface area (Å²) >= 11 is 0. The quantitative estimate of drug-likeness (QED) is 0.315. The van der Waals surface area contributed by atoms with Crippen LogP contribution in [-0.4, -0.2) is 84.8 Å². The van der Waals surface area contributed by atoms with Crippen LogP contribution in [0.25, 0.3) is 0 Å². The first-order valence-corrected chi connectivity index (χ1v) is 18.3. The van der Waals surface area contributed by atoms with Crippen molar-refractivity contribution in [2.75, 3.05) is 39.3 Å². The Morgan fingerprint density at radius 1 is 0.600 bits per heavy atom. The number of hydrogen-bond acceptors (Lipinski definition) is 7. The van der Waals surface area contributed by atoms with E-state index in [2.05, 4.69) is 68.3 Å². The van der Waals surface area contributed by atoms with E-state index in [1.165, 1.54) is 11.1 Å². The fourth-order valence-electron chi connectivity index (χ4n) is 8.25. The smallest absolute Gasteiger partial charge is 0.319 e. The van der Waals surface area contributed by atoms with Crippen molar-refractivity contribution in [1.29, 1.82) is 0 Å². The molecule has 0 aliphatic carbocycles. The van der Waals surface area contributed by atoms with Crippen LogP contribution in [0.15, 0.2) is 70.3 Å². The molecule has 2 saturated heterocycles. The van der Waals surface area contributed by atoms with Crippen molar-refractivity contribution in [3.05, 3.63) is 127 Å². The maximum atomic E-state index is 13.6. The molecule has 2 aromatic carbocycles. The SMILES string of the molecule is O=C(N1CCC(c2nc3c(c(=O)[nH]2)CCN(Cc2ccccc2)C3)CC1)N1CCC(c2nc3c(c(=O)[nH]2)CCN(Cc2ccccc2)C3)CC1. The number of carbonyl (C=O) groups excluding carboxylic acids is 1. The minimum atomic E-state index is -0.00925. The van der Waals surface area contributed by atoms with Gasteiger partial charge >= 0.3 is 6.03 Å². The van der Waals surface area contributed by atoms with Crippen LogP contribution in [0, 0.1) is 0 Å². The number of likely N-dealkylation sites (tertiary alicyclic amines) is 2. The van der Waals surface area contributed by atoms with Gasteiger partial charge in [0.2, 0.25) is 0 Å². The van der Waals surface area contributed by atoms with Crippen molar-refractivity contribution in [2.24, 2.45) is 0 Å². The average molecular weight is 675 g/mol. The van der Waals surface area contributed by atoms with Crippen LogP contribution < -0.4 is 11.1 Å². The number of hydrogen-bond donors (Lipinski definition) is 2. The molecule has 0 atom stereocenters. The molecular weight excluding hydrogens is 628 g/mol. The number of urea groups is 1. The molecule has 0 bridgehead atoms. The van der Waals surface area contributed by atoms with E-state index in [9.17, 15) is 14.4 Å². The average Bonchev–Trinajstić information content (AvgIpc) is 3.15. The summed E-state index contributed by atoms with van der Waals surface area (Å²) in [4.78, 5) is 64.5. The van der Waals surface area contributed by atoms with E-state index in [1.807, 2.05) is 21.9 Å². The Morgan fingerprint density at radius 2 is 1.00 bits per heavy atom. The fraction of sp³-hybridized carbons (Fsp3) is 0.462. The Kier molecular flexibility index (Phi) is 9.33. The van der Waals surface area contributed by atoms with Crippen LogP contribution in [0.2, 0.25) is 0 Å². The Morgan fingerprint density at radius 3 is 1.40 bits per heavy atom. The molecule has 6 heterocycles. The number of piperidine rings is 2. The monoisotopic (exact) mass is 674 g/mol. The molecule has 11 heteroatoms. The van der Waals surface area contributed by atoms with Gasteiger partial charge in [-0.25, -0.2) is 14.8 Å². The van der Waals surface area contributed by atoms with Crippen LogP contribution in [0.4, 0.5) is 4.79 Å². The van der Waals surface area contributed by atoms with Gasteiger partial charge < -0.3 is 19.8 Å². The Bertz CT molecular complexity index is 1790. The summed E-state index contributed by atoms with van der Waals surface area (Å²) in [5.41, 5.74) is 5.92. The van der Waals surface area contributed by atoms with Crippen LogP contribution in [0.3, 0.4) is 0 Å². The molecule has 260 valence electrons.